The van der Waals surface area contributed by atoms with Gasteiger partial charge in [0.15, 0.2) is 0 Å². The zero-order chi connectivity index (χ0) is 15.5. The molecule has 1 heterocycles. The number of hydrogen-bond acceptors (Lipinski definition) is 4. The molecule has 0 amide bonds. The van der Waals surface area contributed by atoms with E-state index in [9.17, 15) is 17.6 Å². The molecule has 0 saturated carbocycles. The van der Waals surface area contributed by atoms with Gasteiger partial charge in [0, 0.05) is 11.8 Å². The topological polar surface area (TPSA) is 60.2 Å². The Kier molecular flexibility index (Phi) is 4.39. The minimum atomic E-state index is -4.84. The fourth-order valence-corrected chi connectivity index (χ4v) is 1.89. The highest BCUT2D eigenvalue weighted by molar-refractivity contribution is 5.41. The van der Waals surface area contributed by atoms with Crippen LogP contribution >= 0.6 is 0 Å². The molecule has 112 valence electrons. The van der Waals surface area contributed by atoms with Gasteiger partial charge in [-0.25, -0.2) is 9.82 Å². The lowest BCUT2D eigenvalue weighted by atomic mass is 10.00. The van der Waals surface area contributed by atoms with Crippen LogP contribution in [0.1, 0.15) is 17.2 Å². The van der Waals surface area contributed by atoms with Gasteiger partial charge in [-0.05, 0) is 17.7 Å². The predicted octanol–water partition coefficient (Wildman–Crippen LogP) is 2.67. The molecular weight excluding hydrogens is 290 g/mol. The van der Waals surface area contributed by atoms with Gasteiger partial charge < -0.3 is 4.74 Å². The lowest BCUT2D eigenvalue weighted by Gasteiger charge is -2.20. The molecular formula is C13H11F4N3O. The maximum Gasteiger partial charge on any atom is 0.573 e. The van der Waals surface area contributed by atoms with E-state index in [4.69, 9.17) is 5.84 Å². The summed E-state index contributed by atoms with van der Waals surface area (Å²) in [6.45, 7) is 0. The van der Waals surface area contributed by atoms with Crippen LogP contribution in [0.2, 0.25) is 0 Å². The van der Waals surface area contributed by atoms with Gasteiger partial charge in [-0.1, -0.05) is 18.2 Å². The summed E-state index contributed by atoms with van der Waals surface area (Å²) < 4.78 is 54.4. The molecule has 2 aromatic rings. The van der Waals surface area contributed by atoms with Crippen LogP contribution in [0.5, 0.6) is 5.75 Å². The molecule has 21 heavy (non-hydrogen) atoms. The number of halogens is 4. The number of benzene rings is 1. The monoisotopic (exact) mass is 301 g/mol. The summed E-state index contributed by atoms with van der Waals surface area (Å²) in [7, 11) is 0. The van der Waals surface area contributed by atoms with Crippen molar-refractivity contribution >= 4 is 0 Å². The highest BCUT2D eigenvalue weighted by Crippen LogP contribution is 2.32. The van der Waals surface area contributed by atoms with Crippen LogP contribution in [0.3, 0.4) is 0 Å². The Hall–Kier alpha value is -2.19. The maximum atomic E-state index is 13.2. The van der Waals surface area contributed by atoms with E-state index in [-0.39, 0.29) is 11.1 Å². The van der Waals surface area contributed by atoms with Crippen LogP contribution in [0.4, 0.5) is 17.6 Å². The molecule has 0 aliphatic rings. The van der Waals surface area contributed by atoms with E-state index in [0.717, 1.165) is 18.3 Å². The average molecular weight is 301 g/mol. The van der Waals surface area contributed by atoms with Gasteiger partial charge >= 0.3 is 6.36 Å². The molecule has 2 rings (SSSR count). The first-order chi connectivity index (χ1) is 9.90. The second-order valence-electron chi connectivity index (χ2n) is 4.12. The number of pyridine rings is 1. The standard InChI is InChI=1S/C13H11F4N3O/c14-9-5-8(6-19-7-9)12(20-18)10-3-1-2-4-11(10)21-13(15,16)17/h1-7,12,20H,18H2. The second-order valence-corrected chi connectivity index (χ2v) is 4.12. The van der Waals surface area contributed by atoms with Crippen molar-refractivity contribution in [2.45, 2.75) is 12.4 Å². The number of nitrogens with one attached hydrogen (secondary N) is 1. The molecule has 0 aliphatic heterocycles. The van der Waals surface area contributed by atoms with Gasteiger partial charge in [-0.2, -0.15) is 0 Å². The minimum absolute atomic E-state index is 0.115. The van der Waals surface area contributed by atoms with E-state index in [0.29, 0.717) is 0 Å². The third kappa shape index (κ3) is 3.89. The van der Waals surface area contributed by atoms with Crippen LogP contribution < -0.4 is 16.0 Å². The summed E-state index contributed by atoms with van der Waals surface area (Å²) >= 11 is 0. The number of aromatic nitrogens is 1. The average Bonchev–Trinajstić information content (AvgIpc) is 2.40. The molecule has 1 aromatic carbocycles. The largest absolute Gasteiger partial charge is 0.573 e. The Labute approximate surface area is 117 Å². The van der Waals surface area contributed by atoms with E-state index in [2.05, 4.69) is 15.1 Å². The van der Waals surface area contributed by atoms with Gasteiger partial charge in [0.2, 0.25) is 0 Å². The third-order valence-electron chi connectivity index (χ3n) is 2.68. The maximum absolute atomic E-state index is 13.2. The van der Waals surface area contributed by atoms with Crippen LogP contribution in [-0.2, 0) is 0 Å². The quantitative estimate of drug-likeness (QED) is 0.518. The Balaban J connectivity index is 2.43. The van der Waals surface area contributed by atoms with Crippen molar-refractivity contribution in [3.05, 3.63) is 59.7 Å². The molecule has 0 spiro atoms. The molecule has 8 heteroatoms. The first kappa shape index (κ1) is 15.2. The third-order valence-corrected chi connectivity index (χ3v) is 2.68. The number of hydrazine groups is 1. The van der Waals surface area contributed by atoms with Crippen molar-refractivity contribution in [3.8, 4) is 5.75 Å². The Bertz CT molecular complexity index is 618. The first-order valence-electron chi connectivity index (χ1n) is 5.82. The highest BCUT2D eigenvalue weighted by atomic mass is 19.4. The van der Waals surface area contributed by atoms with E-state index >= 15 is 0 Å². The number of nitrogens with zero attached hydrogens (tertiary/aromatic N) is 1. The zero-order valence-corrected chi connectivity index (χ0v) is 10.6. The van der Waals surface area contributed by atoms with Gasteiger partial charge in [0.1, 0.15) is 11.6 Å². The second kappa shape index (κ2) is 6.06. The molecule has 0 radical (unpaired) electrons. The van der Waals surface area contributed by atoms with Gasteiger partial charge in [-0.3, -0.25) is 10.8 Å². The summed E-state index contributed by atoms with van der Waals surface area (Å²) in [4.78, 5) is 3.65. The molecule has 1 unspecified atom stereocenters. The van der Waals surface area contributed by atoms with Crippen molar-refractivity contribution in [1.82, 2.24) is 10.4 Å². The highest BCUT2D eigenvalue weighted by Gasteiger charge is 2.33. The molecule has 0 bridgehead atoms. The fourth-order valence-electron chi connectivity index (χ4n) is 1.89. The number of ether oxygens (including phenoxy) is 1. The predicted molar refractivity (Wildman–Crippen MR) is 66.5 cm³/mol. The summed E-state index contributed by atoms with van der Waals surface area (Å²) in [6, 6.07) is 5.70. The van der Waals surface area contributed by atoms with Crippen LogP contribution in [0.25, 0.3) is 0 Å². The molecule has 4 nitrogen and oxygen atoms in total. The smallest absolute Gasteiger partial charge is 0.405 e. The van der Waals surface area contributed by atoms with E-state index in [1.54, 1.807) is 0 Å². The molecule has 3 N–H and O–H groups in total. The lowest BCUT2D eigenvalue weighted by molar-refractivity contribution is -0.275. The van der Waals surface area contributed by atoms with Crippen LogP contribution in [0.15, 0.2) is 42.7 Å². The normalized spacial score (nSPS) is 13.0. The SMILES string of the molecule is NNC(c1cncc(F)c1)c1ccccc1OC(F)(F)F. The molecule has 1 atom stereocenters. The number of hydrogen-bond donors (Lipinski definition) is 2. The van der Waals surface area contributed by atoms with Gasteiger partial charge in [-0.15, -0.1) is 13.2 Å². The van der Waals surface area contributed by atoms with Crippen molar-refractivity contribution in [2.75, 3.05) is 0 Å². The number of nitrogens with two attached hydrogens (primary N) is 1. The number of rotatable bonds is 4. The molecule has 0 saturated heterocycles. The number of para-hydroxylation sites is 1. The molecule has 0 fully saturated rings. The lowest BCUT2D eigenvalue weighted by Crippen LogP contribution is -2.30. The first-order valence-corrected chi connectivity index (χ1v) is 5.82. The summed E-state index contributed by atoms with van der Waals surface area (Å²) in [5, 5.41) is 0. The van der Waals surface area contributed by atoms with Crippen molar-refractivity contribution in [1.29, 1.82) is 0 Å². The van der Waals surface area contributed by atoms with Gasteiger partial charge in [0.05, 0.1) is 12.2 Å². The van der Waals surface area contributed by atoms with Crippen LogP contribution in [0, 0.1) is 5.82 Å². The van der Waals surface area contributed by atoms with Crippen molar-refractivity contribution in [3.63, 3.8) is 0 Å². The minimum Gasteiger partial charge on any atom is -0.405 e. The van der Waals surface area contributed by atoms with Crippen molar-refractivity contribution in [2.24, 2.45) is 5.84 Å². The van der Waals surface area contributed by atoms with Crippen LogP contribution in [-0.4, -0.2) is 11.3 Å². The van der Waals surface area contributed by atoms with E-state index in [1.165, 1.54) is 24.4 Å². The molecule has 0 aliphatic carbocycles. The summed E-state index contributed by atoms with van der Waals surface area (Å²) in [5.74, 6) is 4.34. The summed E-state index contributed by atoms with van der Waals surface area (Å²) in [6.07, 6.45) is -2.55. The zero-order valence-electron chi connectivity index (χ0n) is 10.6. The Morgan fingerprint density at radius 2 is 1.90 bits per heavy atom. The van der Waals surface area contributed by atoms with E-state index < -0.39 is 24.0 Å². The van der Waals surface area contributed by atoms with E-state index in [1.807, 2.05) is 0 Å². The Morgan fingerprint density at radius 3 is 2.52 bits per heavy atom. The molecule has 1 aromatic heterocycles. The number of alkyl halides is 3. The van der Waals surface area contributed by atoms with Gasteiger partial charge in [0.25, 0.3) is 0 Å². The van der Waals surface area contributed by atoms with Crippen molar-refractivity contribution < 1.29 is 22.3 Å². The summed E-state index contributed by atoms with van der Waals surface area (Å²) in [5.41, 5.74) is 2.72. The Morgan fingerprint density at radius 1 is 1.19 bits per heavy atom. The fraction of sp³-hybridized carbons (Fsp3) is 0.154.